The summed E-state index contributed by atoms with van der Waals surface area (Å²) in [6.07, 6.45) is 2.04. The molecular weight excluding hydrogens is 267 g/mol. The SMILES string of the molecule is CCCNC(CCN(C)CCOCC)c1cccc(F)c1. The Morgan fingerprint density at radius 3 is 2.76 bits per heavy atom. The lowest BCUT2D eigenvalue weighted by Crippen LogP contribution is -2.29. The van der Waals surface area contributed by atoms with Crippen LogP contribution in [-0.4, -0.2) is 44.8 Å². The highest BCUT2D eigenvalue weighted by Crippen LogP contribution is 2.18. The monoisotopic (exact) mass is 296 g/mol. The van der Waals surface area contributed by atoms with Gasteiger partial charge in [0.25, 0.3) is 0 Å². The van der Waals surface area contributed by atoms with E-state index in [1.807, 2.05) is 13.0 Å². The summed E-state index contributed by atoms with van der Waals surface area (Å²) < 4.78 is 18.8. The first kappa shape index (κ1) is 18.1. The number of rotatable bonds is 11. The average Bonchev–Trinajstić information content (AvgIpc) is 2.47. The molecule has 0 aliphatic heterocycles. The summed E-state index contributed by atoms with van der Waals surface area (Å²) in [6.45, 7) is 8.52. The normalized spacial score (nSPS) is 12.8. The highest BCUT2D eigenvalue weighted by molar-refractivity contribution is 5.20. The third kappa shape index (κ3) is 7.55. The maximum atomic E-state index is 13.4. The first-order valence-electron chi connectivity index (χ1n) is 7.92. The minimum Gasteiger partial charge on any atom is -0.380 e. The molecule has 0 saturated heterocycles. The Labute approximate surface area is 128 Å². The molecule has 120 valence electrons. The molecule has 4 heteroatoms. The molecule has 0 fully saturated rings. The average molecular weight is 296 g/mol. The number of nitrogens with zero attached hydrogens (tertiary/aromatic N) is 1. The van der Waals surface area contributed by atoms with Gasteiger partial charge in [0.2, 0.25) is 0 Å². The van der Waals surface area contributed by atoms with Gasteiger partial charge in [0, 0.05) is 19.2 Å². The lowest BCUT2D eigenvalue weighted by molar-refractivity contribution is 0.121. The van der Waals surface area contributed by atoms with Crippen LogP contribution in [0.3, 0.4) is 0 Å². The third-order valence-electron chi connectivity index (χ3n) is 3.51. The summed E-state index contributed by atoms with van der Waals surface area (Å²) in [5.41, 5.74) is 1.03. The quantitative estimate of drug-likeness (QED) is 0.635. The summed E-state index contributed by atoms with van der Waals surface area (Å²) in [4.78, 5) is 2.26. The van der Waals surface area contributed by atoms with Gasteiger partial charge in [-0.2, -0.15) is 0 Å². The number of hydrogen-bond donors (Lipinski definition) is 1. The Morgan fingerprint density at radius 1 is 1.29 bits per heavy atom. The molecule has 0 heterocycles. The van der Waals surface area contributed by atoms with Gasteiger partial charge in [-0.3, -0.25) is 0 Å². The lowest BCUT2D eigenvalue weighted by Gasteiger charge is -2.23. The molecule has 1 N–H and O–H groups in total. The van der Waals surface area contributed by atoms with Gasteiger partial charge in [0.05, 0.1) is 6.61 Å². The Bertz CT molecular complexity index is 387. The number of likely N-dealkylation sites (N-methyl/N-ethyl adjacent to an activating group) is 1. The van der Waals surface area contributed by atoms with Crippen molar-refractivity contribution in [1.82, 2.24) is 10.2 Å². The topological polar surface area (TPSA) is 24.5 Å². The second-order valence-electron chi connectivity index (χ2n) is 5.35. The van der Waals surface area contributed by atoms with Crippen molar-refractivity contribution in [3.05, 3.63) is 35.6 Å². The van der Waals surface area contributed by atoms with E-state index in [0.29, 0.717) is 0 Å². The van der Waals surface area contributed by atoms with E-state index >= 15 is 0 Å². The largest absolute Gasteiger partial charge is 0.380 e. The van der Waals surface area contributed by atoms with Crippen LogP contribution in [0, 0.1) is 5.82 Å². The standard InChI is InChI=1S/C17H29FN2O/c1-4-10-19-17(15-7-6-8-16(18)14-15)9-11-20(3)12-13-21-5-2/h6-8,14,17,19H,4-5,9-13H2,1-3H3. The van der Waals surface area contributed by atoms with Gasteiger partial charge in [0.15, 0.2) is 0 Å². The Balaban J connectivity index is 2.50. The molecular formula is C17H29FN2O. The van der Waals surface area contributed by atoms with Crippen molar-refractivity contribution in [2.75, 3.05) is 39.9 Å². The van der Waals surface area contributed by atoms with Crippen LogP contribution in [0.1, 0.15) is 38.3 Å². The lowest BCUT2D eigenvalue weighted by atomic mass is 10.0. The Morgan fingerprint density at radius 2 is 2.10 bits per heavy atom. The van der Waals surface area contributed by atoms with Crippen LogP contribution >= 0.6 is 0 Å². The molecule has 1 atom stereocenters. The number of halogens is 1. The minimum absolute atomic E-state index is 0.166. The third-order valence-corrected chi connectivity index (χ3v) is 3.51. The molecule has 1 aromatic carbocycles. The fraction of sp³-hybridized carbons (Fsp3) is 0.647. The fourth-order valence-electron chi connectivity index (χ4n) is 2.25. The summed E-state index contributed by atoms with van der Waals surface area (Å²) in [7, 11) is 2.10. The van der Waals surface area contributed by atoms with Crippen molar-refractivity contribution in [3.8, 4) is 0 Å². The number of hydrogen-bond acceptors (Lipinski definition) is 3. The summed E-state index contributed by atoms with van der Waals surface area (Å²) >= 11 is 0. The molecule has 3 nitrogen and oxygen atoms in total. The van der Waals surface area contributed by atoms with Crippen molar-refractivity contribution in [1.29, 1.82) is 0 Å². The molecule has 1 rings (SSSR count). The van der Waals surface area contributed by atoms with Gasteiger partial charge in [-0.05, 0) is 57.6 Å². The van der Waals surface area contributed by atoms with E-state index < -0.39 is 0 Å². The Hall–Kier alpha value is -0.970. The van der Waals surface area contributed by atoms with Crippen molar-refractivity contribution < 1.29 is 9.13 Å². The van der Waals surface area contributed by atoms with E-state index in [1.54, 1.807) is 12.1 Å². The van der Waals surface area contributed by atoms with Crippen LogP contribution in [0.5, 0.6) is 0 Å². The smallest absolute Gasteiger partial charge is 0.123 e. The summed E-state index contributed by atoms with van der Waals surface area (Å²) in [5.74, 6) is -0.166. The van der Waals surface area contributed by atoms with Crippen LogP contribution in [0.25, 0.3) is 0 Å². The molecule has 0 radical (unpaired) electrons. The highest BCUT2D eigenvalue weighted by atomic mass is 19.1. The number of benzene rings is 1. The van der Waals surface area contributed by atoms with E-state index in [9.17, 15) is 4.39 Å². The van der Waals surface area contributed by atoms with Crippen molar-refractivity contribution in [3.63, 3.8) is 0 Å². The molecule has 0 bridgehead atoms. The molecule has 0 spiro atoms. The maximum absolute atomic E-state index is 13.4. The predicted octanol–water partition coefficient (Wildman–Crippen LogP) is 3.22. The van der Waals surface area contributed by atoms with Gasteiger partial charge >= 0.3 is 0 Å². The maximum Gasteiger partial charge on any atom is 0.123 e. The Kier molecular flexibility index (Phi) is 9.22. The van der Waals surface area contributed by atoms with Gasteiger partial charge < -0.3 is 15.0 Å². The molecule has 0 aliphatic rings. The van der Waals surface area contributed by atoms with Crippen molar-refractivity contribution in [2.24, 2.45) is 0 Å². The number of ether oxygens (including phenoxy) is 1. The van der Waals surface area contributed by atoms with Crippen LogP contribution in [-0.2, 0) is 4.74 Å². The van der Waals surface area contributed by atoms with E-state index in [1.165, 1.54) is 6.07 Å². The molecule has 1 aromatic rings. The van der Waals surface area contributed by atoms with Gasteiger partial charge in [-0.25, -0.2) is 4.39 Å². The van der Waals surface area contributed by atoms with Crippen LogP contribution < -0.4 is 5.32 Å². The molecule has 21 heavy (non-hydrogen) atoms. The van der Waals surface area contributed by atoms with E-state index in [-0.39, 0.29) is 11.9 Å². The first-order valence-corrected chi connectivity index (χ1v) is 7.92. The fourth-order valence-corrected chi connectivity index (χ4v) is 2.25. The zero-order valence-electron chi connectivity index (χ0n) is 13.6. The molecule has 0 saturated carbocycles. The van der Waals surface area contributed by atoms with Crippen molar-refractivity contribution >= 4 is 0 Å². The van der Waals surface area contributed by atoms with Crippen LogP contribution in [0.4, 0.5) is 4.39 Å². The van der Waals surface area contributed by atoms with Crippen molar-refractivity contribution in [2.45, 2.75) is 32.7 Å². The van der Waals surface area contributed by atoms with Crippen LogP contribution in [0.15, 0.2) is 24.3 Å². The zero-order valence-corrected chi connectivity index (χ0v) is 13.6. The number of nitrogens with one attached hydrogen (secondary N) is 1. The van der Waals surface area contributed by atoms with E-state index in [2.05, 4.69) is 24.2 Å². The van der Waals surface area contributed by atoms with Gasteiger partial charge in [-0.15, -0.1) is 0 Å². The second-order valence-corrected chi connectivity index (χ2v) is 5.35. The molecule has 0 aromatic heterocycles. The molecule has 0 amide bonds. The summed E-state index contributed by atoms with van der Waals surface area (Å²) in [5, 5.41) is 3.51. The minimum atomic E-state index is -0.166. The van der Waals surface area contributed by atoms with Gasteiger partial charge in [-0.1, -0.05) is 19.1 Å². The van der Waals surface area contributed by atoms with Gasteiger partial charge in [0.1, 0.15) is 5.82 Å². The van der Waals surface area contributed by atoms with Crippen LogP contribution in [0.2, 0.25) is 0 Å². The van der Waals surface area contributed by atoms with E-state index in [4.69, 9.17) is 4.74 Å². The summed E-state index contributed by atoms with van der Waals surface area (Å²) in [6, 6.07) is 7.11. The second kappa shape index (κ2) is 10.7. The first-order chi connectivity index (χ1) is 10.2. The predicted molar refractivity (Wildman–Crippen MR) is 86.0 cm³/mol. The zero-order chi connectivity index (χ0) is 15.5. The van der Waals surface area contributed by atoms with E-state index in [0.717, 1.165) is 51.3 Å². The highest BCUT2D eigenvalue weighted by Gasteiger charge is 2.12. The molecule has 1 unspecified atom stereocenters. The molecule has 0 aliphatic carbocycles.